The smallest absolute Gasteiger partial charge is 0.263 e. The Morgan fingerprint density at radius 2 is 2.00 bits per heavy atom. The zero-order valence-corrected chi connectivity index (χ0v) is 16.8. The molecule has 0 atom stereocenters. The van der Waals surface area contributed by atoms with Gasteiger partial charge in [0.1, 0.15) is 5.82 Å². The number of rotatable bonds is 4. The van der Waals surface area contributed by atoms with E-state index in [-0.39, 0.29) is 23.5 Å². The van der Waals surface area contributed by atoms with E-state index in [4.69, 9.17) is 0 Å². The second-order valence-corrected chi connectivity index (χ2v) is 8.93. The number of halogens is 2. The van der Waals surface area contributed by atoms with Gasteiger partial charge in [-0.05, 0) is 65.0 Å². The molecule has 1 aromatic carbocycles. The summed E-state index contributed by atoms with van der Waals surface area (Å²) in [5.41, 5.74) is 1.34. The molecule has 1 N–H and O–H groups in total. The molecule has 138 valence electrons. The van der Waals surface area contributed by atoms with E-state index in [1.807, 2.05) is 18.2 Å². The van der Waals surface area contributed by atoms with E-state index < -0.39 is 0 Å². The largest absolute Gasteiger partial charge is 0.352 e. The molecular formula is C19H20BrFN2O2S. The van der Waals surface area contributed by atoms with Crippen LogP contribution in [0.4, 0.5) is 4.39 Å². The molecule has 0 unspecified atom stereocenters. The van der Waals surface area contributed by atoms with Crippen LogP contribution in [0.5, 0.6) is 0 Å². The van der Waals surface area contributed by atoms with Gasteiger partial charge in [0.15, 0.2) is 0 Å². The molecule has 1 aliphatic rings. The molecule has 0 aliphatic carbocycles. The van der Waals surface area contributed by atoms with Gasteiger partial charge in [0.2, 0.25) is 5.91 Å². The maximum Gasteiger partial charge on any atom is 0.263 e. The number of amides is 2. The topological polar surface area (TPSA) is 49.4 Å². The van der Waals surface area contributed by atoms with Crippen molar-refractivity contribution in [2.45, 2.75) is 26.3 Å². The summed E-state index contributed by atoms with van der Waals surface area (Å²) in [6, 6.07) is 8.67. The number of hydrogen-bond acceptors (Lipinski definition) is 3. The number of carbonyl (C=O) groups excluding carboxylic acids is 2. The number of carbonyl (C=O) groups is 2. The molecule has 0 radical (unpaired) electrons. The predicted molar refractivity (Wildman–Crippen MR) is 104 cm³/mol. The summed E-state index contributed by atoms with van der Waals surface area (Å²) in [4.78, 5) is 27.3. The summed E-state index contributed by atoms with van der Waals surface area (Å²) in [7, 11) is 0. The van der Waals surface area contributed by atoms with E-state index in [0.29, 0.717) is 42.9 Å². The van der Waals surface area contributed by atoms with Crippen LogP contribution in [0, 0.1) is 18.7 Å². The van der Waals surface area contributed by atoms with Crippen molar-refractivity contribution in [1.29, 1.82) is 0 Å². The monoisotopic (exact) mass is 438 g/mol. The number of thiophene rings is 1. The Kier molecular flexibility index (Phi) is 6.09. The number of benzene rings is 1. The average molecular weight is 439 g/mol. The first kappa shape index (κ1) is 19.0. The molecule has 0 bridgehead atoms. The first-order valence-corrected chi connectivity index (χ1v) is 10.1. The number of hydrogen-bond donors (Lipinski definition) is 1. The molecule has 26 heavy (non-hydrogen) atoms. The van der Waals surface area contributed by atoms with E-state index >= 15 is 0 Å². The SMILES string of the molecule is Cc1ccc(CNC(=O)C2CCN(C(=O)c3ccc(Br)s3)CC2)cc1F. The summed E-state index contributed by atoms with van der Waals surface area (Å²) in [5.74, 6) is -0.375. The maximum atomic E-state index is 13.6. The third kappa shape index (κ3) is 4.51. The fourth-order valence-electron chi connectivity index (χ4n) is 3.01. The van der Waals surface area contributed by atoms with Gasteiger partial charge in [-0.2, -0.15) is 0 Å². The molecular weight excluding hydrogens is 419 g/mol. The van der Waals surface area contributed by atoms with Crippen molar-refractivity contribution in [2.24, 2.45) is 5.92 Å². The van der Waals surface area contributed by atoms with Crippen molar-refractivity contribution >= 4 is 39.1 Å². The van der Waals surface area contributed by atoms with Crippen LogP contribution in [-0.2, 0) is 11.3 Å². The summed E-state index contributed by atoms with van der Waals surface area (Å²) in [6.07, 6.45) is 1.29. The molecule has 0 saturated carbocycles. The van der Waals surface area contributed by atoms with Gasteiger partial charge in [-0.3, -0.25) is 9.59 Å². The van der Waals surface area contributed by atoms with E-state index in [9.17, 15) is 14.0 Å². The molecule has 1 saturated heterocycles. The first-order chi connectivity index (χ1) is 12.4. The minimum atomic E-state index is -0.260. The molecule has 0 spiro atoms. The summed E-state index contributed by atoms with van der Waals surface area (Å²) in [5, 5.41) is 2.88. The van der Waals surface area contributed by atoms with Crippen LogP contribution in [0.25, 0.3) is 0 Å². The zero-order valence-electron chi connectivity index (χ0n) is 14.4. The van der Waals surface area contributed by atoms with Gasteiger partial charge in [0.05, 0.1) is 8.66 Å². The van der Waals surface area contributed by atoms with Gasteiger partial charge >= 0.3 is 0 Å². The minimum Gasteiger partial charge on any atom is -0.352 e. The number of nitrogens with one attached hydrogen (secondary N) is 1. The van der Waals surface area contributed by atoms with Crippen LogP contribution in [0.2, 0.25) is 0 Å². The average Bonchev–Trinajstić information content (AvgIpc) is 3.08. The maximum absolute atomic E-state index is 13.6. The number of aryl methyl sites for hydroxylation is 1. The minimum absolute atomic E-state index is 0.0229. The highest BCUT2D eigenvalue weighted by molar-refractivity contribution is 9.11. The lowest BCUT2D eigenvalue weighted by atomic mass is 9.95. The Labute approximate surface area is 164 Å². The van der Waals surface area contributed by atoms with Crippen LogP contribution in [0.3, 0.4) is 0 Å². The van der Waals surface area contributed by atoms with Crippen LogP contribution in [-0.4, -0.2) is 29.8 Å². The van der Waals surface area contributed by atoms with Crippen molar-refractivity contribution in [3.63, 3.8) is 0 Å². The lowest BCUT2D eigenvalue weighted by molar-refractivity contribution is -0.126. The third-order valence-electron chi connectivity index (χ3n) is 4.64. The van der Waals surface area contributed by atoms with Gasteiger partial charge in [0.25, 0.3) is 5.91 Å². The fraction of sp³-hybridized carbons (Fsp3) is 0.368. The molecule has 3 rings (SSSR count). The second-order valence-electron chi connectivity index (χ2n) is 6.47. The van der Waals surface area contributed by atoms with Crippen LogP contribution in [0.1, 0.15) is 33.6 Å². The Balaban J connectivity index is 1.48. The molecule has 7 heteroatoms. The van der Waals surface area contributed by atoms with Gasteiger partial charge in [-0.15, -0.1) is 11.3 Å². The normalized spacial score (nSPS) is 15.1. The second kappa shape index (κ2) is 8.31. The predicted octanol–water partition coefficient (Wildman–Crippen LogP) is 4.13. The Morgan fingerprint density at radius 3 is 2.62 bits per heavy atom. The van der Waals surface area contributed by atoms with Crippen molar-refractivity contribution in [1.82, 2.24) is 10.2 Å². The molecule has 1 aromatic heterocycles. The quantitative estimate of drug-likeness (QED) is 0.779. The van der Waals surface area contributed by atoms with Gasteiger partial charge < -0.3 is 10.2 Å². The number of piperidine rings is 1. The Bertz CT molecular complexity index is 816. The van der Waals surface area contributed by atoms with E-state index in [1.54, 1.807) is 17.9 Å². The lowest BCUT2D eigenvalue weighted by Gasteiger charge is -2.31. The van der Waals surface area contributed by atoms with Crippen molar-refractivity contribution in [3.05, 3.63) is 55.9 Å². The standard InChI is InChI=1S/C19H20BrFN2O2S/c1-12-2-3-13(10-15(12)21)11-22-18(24)14-6-8-23(9-7-14)19(25)16-4-5-17(20)26-16/h2-5,10,14H,6-9,11H2,1H3,(H,22,24). The van der Waals surface area contributed by atoms with Gasteiger partial charge in [-0.1, -0.05) is 12.1 Å². The van der Waals surface area contributed by atoms with Gasteiger partial charge in [-0.25, -0.2) is 4.39 Å². The highest BCUT2D eigenvalue weighted by atomic mass is 79.9. The van der Waals surface area contributed by atoms with E-state index in [1.165, 1.54) is 17.4 Å². The Morgan fingerprint density at radius 1 is 1.27 bits per heavy atom. The first-order valence-electron chi connectivity index (χ1n) is 8.51. The van der Waals surface area contributed by atoms with Crippen LogP contribution in [0.15, 0.2) is 34.1 Å². The zero-order chi connectivity index (χ0) is 18.7. The van der Waals surface area contributed by atoms with E-state index in [0.717, 1.165) is 9.35 Å². The van der Waals surface area contributed by atoms with Crippen LogP contribution < -0.4 is 5.32 Å². The van der Waals surface area contributed by atoms with Gasteiger partial charge in [0, 0.05) is 25.6 Å². The lowest BCUT2D eigenvalue weighted by Crippen LogP contribution is -2.42. The van der Waals surface area contributed by atoms with Crippen molar-refractivity contribution < 1.29 is 14.0 Å². The number of nitrogens with zero attached hydrogens (tertiary/aromatic N) is 1. The molecule has 1 fully saturated rings. The fourth-order valence-corrected chi connectivity index (χ4v) is 4.36. The summed E-state index contributed by atoms with van der Waals surface area (Å²) >= 11 is 4.79. The van der Waals surface area contributed by atoms with Crippen LogP contribution >= 0.6 is 27.3 Å². The molecule has 2 amide bonds. The molecule has 1 aliphatic heterocycles. The Hall–Kier alpha value is -1.73. The molecule has 2 heterocycles. The van der Waals surface area contributed by atoms with Crippen molar-refractivity contribution in [3.8, 4) is 0 Å². The third-order valence-corrected chi connectivity index (χ3v) is 6.25. The summed E-state index contributed by atoms with van der Waals surface area (Å²) in [6.45, 7) is 3.18. The summed E-state index contributed by atoms with van der Waals surface area (Å²) < 4.78 is 14.5. The van der Waals surface area contributed by atoms with Crippen molar-refractivity contribution in [2.75, 3.05) is 13.1 Å². The molecule has 4 nitrogen and oxygen atoms in total. The molecule has 2 aromatic rings. The highest BCUT2D eigenvalue weighted by Crippen LogP contribution is 2.25. The number of likely N-dealkylation sites (tertiary alicyclic amines) is 1. The van der Waals surface area contributed by atoms with E-state index in [2.05, 4.69) is 21.2 Å². The highest BCUT2D eigenvalue weighted by Gasteiger charge is 2.28.